The number of aliphatic hydroxyl groups excluding tert-OH is 1. The average Bonchev–Trinajstić information content (AvgIpc) is 3.55. The molecule has 0 aliphatic carbocycles. The molecule has 32 heavy (non-hydrogen) atoms. The van der Waals surface area contributed by atoms with Gasteiger partial charge in [0.2, 0.25) is 5.95 Å². The topological polar surface area (TPSA) is 101 Å². The second-order valence-electron chi connectivity index (χ2n) is 8.06. The number of benzene rings is 1. The summed E-state index contributed by atoms with van der Waals surface area (Å²) in [5.74, 6) is 2.58. The van der Waals surface area contributed by atoms with Crippen LogP contribution in [0, 0.1) is 13.8 Å². The van der Waals surface area contributed by atoms with Gasteiger partial charge < -0.3 is 29.0 Å². The largest absolute Gasteiger partial charge is 0.496 e. The number of ether oxygens (including phenoxy) is 1. The van der Waals surface area contributed by atoms with Crippen LogP contribution in [0.2, 0.25) is 0 Å². The minimum absolute atomic E-state index is 0.0324. The smallest absolute Gasteiger partial charge is 0.231 e. The highest BCUT2D eigenvalue weighted by Gasteiger charge is 2.28. The third kappa shape index (κ3) is 3.54. The van der Waals surface area contributed by atoms with Crippen LogP contribution < -0.4 is 15.0 Å². The maximum Gasteiger partial charge on any atom is 0.231 e. The summed E-state index contributed by atoms with van der Waals surface area (Å²) in [6, 6.07) is 5.93. The number of rotatable bonds is 6. The number of aliphatic hydroxyl groups is 1. The summed E-state index contributed by atoms with van der Waals surface area (Å²) in [6.07, 6.45) is 7.17. The first kappa shape index (κ1) is 20.3. The third-order valence-electron chi connectivity index (χ3n) is 6.09. The Kier molecular flexibility index (Phi) is 5.18. The molecule has 1 saturated heterocycles. The summed E-state index contributed by atoms with van der Waals surface area (Å²) in [6.45, 7) is 5.01. The molecule has 0 unspecified atom stereocenters. The Balaban J connectivity index is 1.46. The van der Waals surface area contributed by atoms with Crippen molar-refractivity contribution >= 4 is 28.7 Å². The van der Waals surface area contributed by atoms with E-state index in [1.165, 1.54) is 0 Å². The van der Waals surface area contributed by atoms with Crippen molar-refractivity contribution in [3.05, 3.63) is 48.1 Å². The molecule has 4 heterocycles. The van der Waals surface area contributed by atoms with Crippen LogP contribution in [0.25, 0.3) is 16.8 Å². The van der Waals surface area contributed by atoms with Crippen LogP contribution in [-0.2, 0) is 0 Å². The van der Waals surface area contributed by atoms with Gasteiger partial charge in [-0.1, -0.05) is 0 Å². The fraction of sp³-hybridized carbons (Fsp3) is 0.348. The van der Waals surface area contributed by atoms with Crippen molar-refractivity contribution in [2.45, 2.75) is 32.7 Å². The summed E-state index contributed by atoms with van der Waals surface area (Å²) in [7, 11) is 1.68. The summed E-state index contributed by atoms with van der Waals surface area (Å²) < 4.78 is 13.1. The molecule has 9 heteroatoms. The van der Waals surface area contributed by atoms with Crippen LogP contribution in [0.5, 0.6) is 5.75 Å². The second-order valence-corrected chi connectivity index (χ2v) is 8.06. The SMILES string of the molecule is COc1cc(-n2cnc(Nc3nc(N4CCC[C@H]4CO)c4occc4n3)c2)cc(C)c1C. The molecule has 1 aliphatic rings. The molecule has 0 radical (unpaired) electrons. The maximum atomic E-state index is 9.76. The lowest BCUT2D eigenvalue weighted by molar-refractivity contribution is 0.266. The van der Waals surface area contributed by atoms with Gasteiger partial charge in [-0.2, -0.15) is 4.98 Å². The Labute approximate surface area is 185 Å². The quantitative estimate of drug-likeness (QED) is 0.473. The van der Waals surface area contributed by atoms with E-state index in [1.54, 1.807) is 19.7 Å². The number of nitrogens with one attached hydrogen (secondary N) is 1. The number of imidazole rings is 1. The monoisotopic (exact) mass is 434 g/mol. The first-order valence-electron chi connectivity index (χ1n) is 10.7. The molecular formula is C23H26N6O3. The molecular weight excluding hydrogens is 408 g/mol. The molecule has 1 atom stereocenters. The number of methoxy groups -OCH3 is 1. The molecule has 4 aromatic rings. The molecule has 166 valence electrons. The maximum absolute atomic E-state index is 9.76. The molecule has 1 aromatic carbocycles. The molecule has 5 rings (SSSR count). The lowest BCUT2D eigenvalue weighted by atomic mass is 10.1. The minimum Gasteiger partial charge on any atom is -0.496 e. The van der Waals surface area contributed by atoms with Gasteiger partial charge in [0.1, 0.15) is 17.6 Å². The van der Waals surface area contributed by atoms with Gasteiger partial charge in [-0.25, -0.2) is 9.97 Å². The van der Waals surface area contributed by atoms with E-state index in [0.29, 0.717) is 28.7 Å². The molecule has 1 aliphatic heterocycles. The van der Waals surface area contributed by atoms with Crippen LogP contribution in [0.4, 0.5) is 17.6 Å². The molecule has 0 saturated carbocycles. The molecule has 2 N–H and O–H groups in total. The van der Waals surface area contributed by atoms with E-state index in [4.69, 9.17) is 14.1 Å². The van der Waals surface area contributed by atoms with Crippen LogP contribution in [0.1, 0.15) is 24.0 Å². The molecule has 0 spiro atoms. The van der Waals surface area contributed by atoms with Crippen LogP contribution in [0.15, 0.2) is 41.4 Å². The van der Waals surface area contributed by atoms with E-state index < -0.39 is 0 Å². The fourth-order valence-electron chi connectivity index (χ4n) is 4.22. The van der Waals surface area contributed by atoms with Gasteiger partial charge in [-0.3, -0.25) is 0 Å². The standard InChI is InChI=1S/C23H26N6O3/c1-14-9-17(10-19(31-3)15(14)2)28-11-20(24-13-28)26-23-25-18-6-8-32-21(18)22(27-23)29-7-4-5-16(29)12-30/h6,8-11,13,16,30H,4-5,7,12H2,1-3H3,(H,25,26,27)/t16-/m0/s1. The molecule has 3 aromatic heterocycles. The third-order valence-corrected chi connectivity index (χ3v) is 6.09. The highest BCUT2D eigenvalue weighted by molar-refractivity contribution is 5.86. The summed E-state index contributed by atoms with van der Waals surface area (Å²) in [5, 5.41) is 13.0. The minimum atomic E-state index is 0.0324. The molecule has 9 nitrogen and oxygen atoms in total. The van der Waals surface area contributed by atoms with Gasteiger partial charge in [0.05, 0.1) is 37.9 Å². The van der Waals surface area contributed by atoms with Gasteiger partial charge >= 0.3 is 0 Å². The van der Waals surface area contributed by atoms with Crippen LogP contribution in [0.3, 0.4) is 0 Å². The Hall–Kier alpha value is -3.59. The molecule has 0 bridgehead atoms. The van der Waals surface area contributed by atoms with Crippen molar-refractivity contribution in [1.82, 2.24) is 19.5 Å². The number of hydrogen-bond acceptors (Lipinski definition) is 8. The lowest BCUT2D eigenvalue weighted by Gasteiger charge is -2.24. The first-order chi connectivity index (χ1) is 15.6. The van der Waals surface area contributed by atoms with Crippen molar-refractivity contribution in [2.75, 3.05) is 30.5 Å². The van der Waals surface area contributed by atoms with Gasteiger partial charge in [-0.05, 0) is 43.9 Å². The molecule has 0 amide bonds. The van der Waals surface area contributed by atoms with Gasteiger partial charge in [0.25, 0.3) is 0 Å². The zero-order chi connectivity index (χ0) is 22.2. The summed E-state index contributed by atoms with van der Waals surface area (Å²) in [4.78, 5) is 15.9. The fourth-order valence-corrected chi connectivity index (χ4v) is 4.22. The van der Waals surface area contributed by atoms with Crippen molar-refractivity contribution in [1.29, 1.82) is 0 Å². The van der Waals surface area contributed by atoms with Crippen LogP contribution in [-0.4, -0.2) is 50.9 Å². The number of aryl methyl sites for hydroxylation is 1. The summed E-state index contributed by atoms with van der Waals surface area (Å²) >= 11 is 0. The van der Waals surface area contributed by atoms with Gasteiger partial charge in [0.15, 0.2) is 17.2 Å². The Morgan fingerprint density at radius 3 is 2.97 bits per heavy atom. The highest BCUT2D eigenvalue weighted by Crippen LogP contribution is 2.32. The number of nitrogens with zero attached hydrogens (tertiary/aromatic N) is 5. The van der Waals surface area contributed by atoms with Crippen molar-refractivity contribution < 1.29 is 14.3 Å². The number of fused-ring (bicyclic) bond motifs is 1. The predicted molar refractivity (Wildman–Crippen MR) is 122 cm³/mol. The average molecular weight is 435 g/mol. The van der Waals surface area contributed by atoms with E-state index in [9.17, 15) is 5.11 Å². The van der Waals surface area contributed by atoms with Crippen molar-refractivity contribution in [2.24, 2.45) is 0 Å². The van der Waals surface area contributed by atoms with E-state index in [-0.39, 0.29) is 12.6 Å². The van der Waals surface area contributed by atoms with Crippen molar-refractivity contribution in [3.63, 3.8) is 0 Å². The van der Waals surface area contributed by atoms with E-state index in [1.807, 2.05) is 29.8 Å². The zero-order valence-corrected chi connectivity index (χ0v) is 18.4. The van der Waals surface area contributed by atoms with Gasteiger partial charge in [0, 0.05) is 18.7 Å². The molecule has 1 fully saturated rings. The Bertz CT molecular complexity index is 1260. The Morgan fingerprint density at radius 1 is 1.28 bits per heavy atom. The number of furan rings is 1. The zero-order valence-electron chi connectivity index (χ0n) is 18.4. The predicted octanol–water partition coefficient (Wildman–Crippen LogP) is 3.74. The lowest BCUT2D eigenvalue weighted by Crippen LogP contribution is -2.33. The van der Waals surface area contributed by atoms with E-state index in [2.05, 4.69) is 33.2 Å². The summed E-state index contributed by atoms with van der Waals surface area (Å²) in [5.41, 5.74) is 4.56. The van der Waals surface area contributed by atoms with Crippen LogP contribution >= 0.6 is 0 Å². The second kappa shape index (κ2) is 8.16. The van der Waals surface area contributed by atoms with Gasteiger partial charge in [-0.15, -0.1) is 0 Å². The normalized spacial score (nSPS) is 16.1. The first-order valence-corrected chi connectivity index (χ1v) is 10.7. The number of aromatic nitrogens is 4. The van der Waals surface area contributed by atoms with Crippen molar-refractivity contribution in [3.8, 4) is 11.4 Å². The highest BCUT2D eigenvalue weighted by atomic mass is 16.5. The Morgan fingerprint density at radius 2 is 2.16 bits per heavy atom. The van der Waals surface area contributed by atoms with E-state index in [0.717, 1.165) is 42.0 Å². The number of hydrogen-bond donors (Lipinski definition) is 2. The van der Waals surface area contributed by atoms with E-state index >= 15 is 0 Å². The number of anilines is 3.